The third kappa shape index (κ3) is 5.17. The van der Waals surface area contributed by atoms with Gasteiger partial charge in [0.2, 0.25) is 5.91 Å². The summed E-state index contributed by atoms with van der Waals surface area (Å²) in [6.07, 6.45) is 4.82. The molecule has 2 N–H and O–H groups in total. The van der Waals surface area contributed by atoms with Crippen molar-refractivity contribution >= 4 is 29.3 Å². The molecule has 29 heavy (non-hydrogen) atoms. The van der Waals surface area contributed by atoms with E-state index in [4.69, 9.17) is 0 Å². The Morgan fingerprint density at radius 3 is 2.66 bits per heavy atom. The summed E-state index contributed by atoms with van der Waals surface area (Å²) in [4.78, 5) is 16.8. The number of rotatable bonds is 6. The van der Waals surface area contributed by atoms with Crippen LogP contribution >= 0.6 is 12.4 Å². The maximum atomic E-state index is 12.3. The standard InChI is InChI=1S/C23H28N4O.ClH/c1-17(19-10-12-24-13-11-19)14-23(28)25-15-18-6-8-20(9-7-18)27-16-26-21-4-2-3-5-22(21)27;/h2-9,16-17,19,24H,10-15H2,1H3,(H,25,28);1H. The van der Waals surface area contributed by atoms with Crippen molar-refractivity contribution < 1.29 is 4.79 Å². The third-order valence-corrected chi connectivity index (χ3v) is 5.85. The molecule has 5 nitrogen and oxygen atoms in total. The second-order valence-corrected chi connectivity index (χ2v) is 7.82. The normalized spacial score (nSPS) is 15.6. The van der Waals surface area contributed by atoms with Crippen molar-refractivity contribution in [3.8, 4) is 5.69 Å². The fourth-order valence-electron chi connectivity index (χ4n) is 4.08. The van der Waals surface area contributed by atoms with Gasteiger partial charge in [-0.15, -0.1) is 12.4 Å². The zero-order valence-corrected chi connectivity index (χ0v) is 17.6. The number of carbonyl (C=O) groups excluding carboxylic acids is 1. The highest BCUT2D eigenvalue weighted by atomic mass is 35.5. The molecular formula is C23H29ClN4O. The van der Waals surface area contributed by atoms with Gasteiger partial charge in [-0.1, -0.05) is 31.2 Å². The Bertz CT molecular complexity index is 931. The number of aromatic nitrogens is 2. The number of hydrogen-bond donors (Lipinski definition) is 2. The average molecular weight is 413 g/mol. The number of piperidine rings is 1. The quantitative estimate of drug-likeness (QED) is 0.641. The summed E-state index contributed by atoms with van der Waals surface area (Å²) in [5.74, 6) is 1.26. The number of carbonyl (C=O) groups is 1. The number of imidazole rings is 1. The molecule has 1 aliphatic heterocycles. The highest BCUT2D eigenvalue weighted by molar-refractivity contribution is 5.85. The number of benzene rings is 2. The number of halogens is 1. The van der Waals surface area contributed by atoms with E-state index >= 15 is 0 Å². The van der Waals surface area contributed by atoms with Crippen LogP contribution in [0.4, 0.5) is 0 Å². The van der Waals surface area contributed by atoms with E-state index in [2.05, 4.69) is 57.4 Å². The van der Waals surface area contributed by atoms with Crippen LogP contribution in [0.1, 0.15) is 31.7 Å². The largest absolute Gasteiger partial charge is 0.352 e. The highest BCUT2D eigenvalue weighted by Crippen LogP contribution is 2.24. The second kappa shape index (κ2) is 9.90. The molecule has 1 amide bonds. The van der Waals surface area contributed by atoms with Gasteiger partial charge in [0.15, 0.2) is 0 Å². The molecule has 0 spiro atoms. The van der Waals surface area contributed by atoms with Crippen LogP contribution in [-0.2, 0) is 11.3 Å². The van der Waals surface area contributed by atoms with Gasteiger partial charge in [0, 0.05) is 18.7 Å². The summed E-state index contributed by atoms with van der Waals surface area (Å²) in [6, 6.07) is 16.4. The molecule has 1 fully saturated rings. The zero-order chi connectivity index (χ0) is 19.3. The van der Waals surface area contributed by atoms with Crippen molar-refractivity contribution in [3.63, 3.8) is 0 Å². The van der Waals surface area contributed by atoms with Gasteiger partial charge in [-0.25, -0.2) is 4.98 Å². The summed E-state index contributed by atoms with van der Waals surface area (Å²) in [6.45, 7) is 4.94. The van der Waals surface area contributed by atoms with Gasteiger partial charge >= 0.3 is 0 Å². The van der Waals surface area contributed by atoms with Crippen LogP contribution in [0.25, 0.3) is 16.7 Å². The molecule has 0 aliphatic carbocycles. The number of para-hydroxylation sites is 2. The molecule has 1 unspecified atom stereocenters. The maximum Gasteiger partial charge on any atom is 0.220 e. The molecule has 2 aromatic carbocycles. The molecule has 1 aliphatic rings. The van der Waals surface area contributed by atoms with Crippen LogP contribution in [0.5, 0.6) is 0 Å². The minimum Gasteiger partial charge on any atom is -0.352 e. The van der Waals surface area contributed by atoms with E-state index < -0.39 is 0 Å². The fraction of sp³-hybridized carbons (Fsp3) is 0.391. The predicted octanol–water partition coefficient (Wildman–Crippen LogP) is 4.09. The van der Waals surface area contributed by atoms with E-state index in [0.717, 1.165) is 35.4 Å². The molecule has 154 valence electrons. The van der Waals surface area contributed by atoms with E-state index in [1.54, 1.807) is 0 Å². The second-order valence-electron chi connectivity index (χ2n) is 7.82. The molecule has 1 atom stereocenters. The molecule has 3 aromatic rings. The topological polar surface area (TPSA) is 59.0 Å². The van der Waals surface area contributed by atoms with E-state index in [1.807, 2.05) is 24.5 Å². The molecule has 1 aromatic heterocycles. The summed E-state index contributed by atoms with van der Waals surface area (Å²) in [7, 11) is 0. The lowest BCUT2D eigenvalue weighted by atomic mass is 9.84. The Kier molecular flexibility index (Phi) is 7.29. The maximum absolute atomic E-state index is 12.3. The number of hydrogen-bond acceptors (Lipinski definition) is 3. The van der Waals surface area contributed by atoms with E-state index in [9.17, 15) is 4.79 Å². The summed E-state index contributed by atoms with van der Waals surface area (Å²) >= 11 is 0. The summed E-state index contributed by atoms with van der Waals surface area (Å²) in [5.41, 5.74) is 4.26. The van der Waals surface area contributed by atoms with Crippen LogP contribution in [0.3, 0.4) is 0 Å². The molecule has 6 heteroatoms. The van der Waals surface area contributed by atoms with Gasteiger partial charge in [0.25, 0.3) is 0 Å². The van der Waals surface area contributed by atoms with Crippen molar-refractivity contribution in [1.29, 1.82) is 0 Å². The first kappa shape index (κ1) is 21.3. The Hall–Kier alpha value is -2.37. The molecule has 2 heterocycles. The minimum atomic E-state index is 0. The van der Waals surface area contributed by atoms with Crippen LogP contribution in [-0.4, -0.2) is 28.5 Å². The van der Waals surface area contributed by atoms with Crippen molar-refractivity contribution in [3.05, 3.63) is 60.4 Å². The molecule has 0 radical (unpaired) electrons. The Balaban J connectivity index is 0.00000240. The minimum absolute atomic E-state index is 0. The van der Waals surface area contributed by atoms with Crippen molar-refractivity contribution in [1.82, 2.24) is 20.2 Å². The van der Waals surface area contributed by atoms with E-state index in [-0.39, 0.29) is 18.3 Å². The number of nitrogens with zero attached hydrogens (tertiary/aromatic N) is 2. The Morgan fingerprint density at radius 2 is 1.90 bits per heavy atom. The van der Waals surface area contributed by atoms with E-state index in [0.29, 0.717) is 24.8 Å². The van der Waals surface area contributed by atoms with Gasteiger partial charge < -0.3 is 10.6 Å². The Morgan fingerprint density at radius 1 is 1.17 bits per heavy atom. The first-order valence-electron chi connectivity index (χ1n) is 10.2. The average Bonchev–Trinajstić information content (AvgIpc) is 3.17. The van der Waals surface area contributed by atoms with Crippen molar-refractivity contribution in [2.75, 3.05) is 13.1 Å². The summed E-state index contributed by atoms with van der Waals surface area (Å²) < 4.78 is 2.08. The molecular weight excluding hydrogens is 384 g/mol. The zero-order valence-electron chi connectivity index (χ0n) is 16.8. The lowest BCUT2D eigenvalue weighted by Crippen LogP contribution is -2.33. The van der Waals surface area contributed by atoms with Crippen molar-refractivity contribution in [2.24, 2.45) is 11.8 Å². The fourth-order valence-corrected chi connectivity index (χ4v) is 4.08. The molecule has 1 saturated heterocycles. The van der Waals surface area contributed by atoms with Crippen molar-refractivity contribution in [2.45, 2.75) is 32.7 Å². The van der Waals surface area contributed by atoms with Gasteiger partial charge in [-0.05, 0) is 67.6 Å². The third-order valence-electron chi connectivity index (χ3n) is 5.85. The Labute approximate surface area is 178 Å². The first-order valence-corrected chi connectivity index (χ1v) is 10.2. The van der Waals surface area contributed by atoms with Gasteiger partial charge in [-0.2, -0.15) is 0 Å². The smallest absolute Gasteiger partial charge is 0.220 e. The van der Waals surface area contributed by atoms with E-state index in [1.165, 1.54) is 12.8 Å². The lowest BCUT2D eigenvalue weighted by molar-refractivity contribution is -0.122. The van der Waals surface area contributed by atoms with Crippen LogP contribution in [0.15, 0.2) is 54.9 Å². The molecule has 0 bridgehead atoms. The number of nitrogens with one attached hydrogen (secondary N) is 2. The lowest BCUT2D eigenvalue weighted by Gasteiger charge is -2.27. The monoisotopic (exact) mass is 412 g/mol. The van der Waals surface area contributed by atoms with Gasteiger partial charge in [0.05, 0.1) is 11.0 Å². The predicted molar refractivity (Wildman–Crippen MR) is 120 cm³/mol. The number of amides is 1. The first-order chi connectivity index (χ1) is 13.7. The highest BCUT2D eigenvalue weighted by Gasteiger charge is 2.21. The number of fused-ring (bicyclic) bond motifs is 1. The van der Waals surface area contributed by atoms with Gasteiger partial charge in [-0.3, -0.25) is 9.36 Å². The van der Waals surface area contributed by atoms with Crippen LogP contribution < -0.4 is 10.6 Å². The van der Waals surface area contributed by atoms with Crippen LogP contribution in [0.2, 0.25) is 0 Å². The van der Waals surface area contributed by atoms with Crippen LogP contribution in [0, 0.1) is 11.8 Å². The summed E-state index contributed by atoms with van der Waals surface area (Å²) in [5, 5.41) is 6.47. The van der Waals surface area contributed by atoms with Gasteiger partial charge in [0.1, 0.15) is 6.33 Å². The molecule has 0 saturated carbocycles. The SMILES string of the molecule is CC(CC(=O)NCc1ccc(-n2cnc3ccccc32)cc1)C1CCNCC1.Cl. The molecule has 4 rings (SSSR count).